The van der Waals surface area contributed by atoms with Gasteiger partial charge in [-0.3, -0.25) is 0 Å². The minimum atomic E-state index is -0.933. The fourth-order valence-corrected chi connectivity index (χ4v) is 4.17. The Hall–Kier alpha value is -2.14. The van der Waals surface area contributed by atoms with Gasteiger partial charge in [0.15, 0.2) is 0 Å². The van der Waals surface area contributed by atoms with Crippen LogP contribution >= 0.6 is 0 Å². The summed E-state index contributed by atoms with van der Waals surface area (Å²) in [6, 6.07) is 5.84. The van der Waals surface area contributed by atoms with E-state index < -0.39 is 5.97 Å². The zero-order chi connectivity index (χ0) is 20.3. The molecule has 1 aromatic rings. The minimum Gasteiger partial charge on any atom is -0.478 e. The van der Waals surface area contributed by atoms with Gasteiger partial charge in [0.25, 0.3) is 0 Å². The molecule has 0 spiro atoms. The number of hydrogen-bond acceptors (Lipinski definition) is 3. The highest BCUT2D eigenvalue weighted by Gasteiger charge is 2.39. The van der Waals surface area contributed by atoms with Crippen molar-refractivity contribution in [3.63, 3.8) is 0 Å². The summed E-state index contributed by atoms with van der Waals surface area (Å²) in [5.41, 5.74) is 3.90. The molecule has 1 heterocycles. The standard InChI is InChI=1S/C22H30FNO3/c1-13(2)20-17(11-12-27-6)18(15-7-9-16(23)10-8-15)19(22(25)26)21(14(3)4)24(20)5/h7-10,13-14,21H,11-12H2,1-6H3,(H,25,26). The van der Waals surface area contributed by atoms with Crippen LogP contribution in [0.2, 0.25) is 0 Å². The van der Waals surface area contributed by atoms with E-state index >= 15 is 0 Å². The predicted octanol–water partition coefficient (Wildman–Crippen LogP) is 4.58. The molecule has 1 aliphatic heterocycles. The molecule has 0 aromatic heterocycles. The van der Waals surface area contributed by atoms with Gasteiger partial charge in [-0.25, -0.2) is 9.18 Å². The number of hydrogen-bond donors (Lipinski definition) is 1. The monoisotopic (exact) mass is 375 g/mol. The SMILES string of the molecule is COCCC1=C(C(C)C)N(C)C(C(C)C)C(C(=O)O)=C1c1ccc(F)cc1. The number of benzene rings is 1. The molecule has 0 aliphatic carbocycles. The van der Waals surface area contributed by atoms with Crippen molar-refractivity contribution < 1.29 is 19.0 Å². The molecule has 27 heavy (non-hydrogen) atoms. The van der Waals surface area contributed by atoms with E-state index in [1.807, 2.05) is 20.9 Å². The maximum atomic E-state index is 13.5. The van der Waals surface area contributed by atoms with Crippen molar-refractivity contribution in [3.8, 4) is 0 Å². The molecule has 2 rings (SSSR count). The van der Waals surface area contributed by atoms with Gasteiger partial charge in [0, 0.05) is 19.9 Å². The first-order chi connectivity index (χ1) is 12.7. The lowest BCUT2D eigenvalue weighted by molar-refractivity contribution is -0.133. The van der Waals surface area contributed by atoms with Crippen LogP contribution in [0, 0.1) is 17.7 Å². The highest BCUT2D eigenvalue weighted by atomic mass is 19.1. The molecule has 0 bridgehead atoms. The molecule has 1 aliphatic rings. The summed E-state index contributed by atoms with van der Waals surface area (Å²) in [4.78, 5) is 14.5. The Morgan fingerprint density at radius 3 is 2.26 bits per heavy atom. The quantitative estimate of drug-likeness (QED) is 0.758. The summed E-state index contributed by atoms with van der Waals surface area (Å²) < 4.78 is 18.8. The maximum Gasteiger partial charge on any atom is 0.334 e. The van der Waals surface area contributed by atoms with E-state index in [0.29, 0.717) is 24.2 Å². The molecule has 0 saturated carbocycles. The normalized spacial score (nSPS) is 18.1. The number of nitrogens with zero attached hydrogens (tertiary/aromatic N) is 1. The lowest BCUT2D eigenvalue weighted by Gasteiger charge is -2.43. The van der Waals surface area contributed by atoms with Gasteiger partial charge in [-0.2, -0.15) is 0 Å². The molecule has 0 amide bonds. The highest BCUT2D eigenvalue weighted by Crippen LogP contribution is 2.43. The zero-order valence-corrected chi connectivity index (χ0v) is 17.0. The van der Waals surface area contributed by atoms with E-state index in [0.717, 1.165) is 16.8 Å². The Morgan fingerprint density at radius 2 is 1.81 bits per heavy atom. The average molecular weight is 375 g/mol. The van der Waals surface area contributed by atoms with Gasteiger partial charge in [-0.1, -0.05) is 39.8 Å². The molecule has 0 radical (unpaired) electrons. The number of methoxy groups -OCH3 is 1. The van der Waals surface area contributed by atoms with Gasteiger partial charge < -0.3 is 14.7 Å². The lowest BCUT2D eigenvalue weighted by Crippen LogP contribution is -2.44. The topological polar surface area (TPSA) is 49.8 Å². The smallest absolute Gasteiger partial charge is 0.334 e. The van der Waals surface area contributed by atoms with Crippen LogP contribution in [0.1, 0.15) is 39.7 Å². The number of aliphatic carboxylic acids is 1. The van der Waals surface area contributed by atoms with Crippen molar-refractivity contribution in [2.75, 3.05) is 20.8 Å². The van der Waals surface area contributed by atoms with Gasteiger partial charge in [0.1, 0.15) is 5.82 Å². The Kier molecular flexibility index (Phi) is 6.82. The first-order valence-electron chi connectivity index (χ1n) is 9.39. The van der Waals surface area contributed by atoms with Gasteiger partial charge >= 0.3 is 5.97 Å². The van der Waals surface area contributed by atoms with E-state index in [-0.39, 0.29) is 23.7 Å². The first-order valence-corrected chi connectivity index (χ1v) is 9.39. The van der Waals surface area contributed by atoms with E-state index in [4.69, 9.17) is 4.74 Å². The molecule has 1 unspecified atom stereocenters. The molecule has 148 valence electrons. The second kappa shape index (κ2) is 8.70. The summed E-state index contributed by atoms with van der Waals surface area (Å²) in [6.07, 6.45) is 0.600. The maximum absolute atomic E-state index is 13.5. The van der Waals surface area contributed by atoms with Crippen LogP contribution in [-0.4, -0.2) is 42.8 Å². The van der Waals surface area contributed by atoms with E-state index in [2.05, 4.69) is 18.7 Å². The molecular formula is C22H30FNO3. The first kappa shape index (κ1) is 21.2. The van der Waals surface area contributed by atoms with Crippen LogP contribution in [0.4, 0.5) is 4.39 Å². The van der Waals surface area contributed by atoms with Crippen LogP contribution in [0.15, 0.2) is 41.1 Å². The van der Waals surface area contributed by atoms with Crippen LogP contribution in [0.3, 0.4) is 0 Å². The Balaban J connectivity index is 2.86. The summed E-state index contributed by atoms with van der Waals surface area (Å²) >= 11 is 0. The number of carboxylic acid groups (broad SMARTS) is 1. The number of likely N-dealkylation sites (N-methyl/N-ethyl adjacent to an activating group) is 1. The molecule has 0 saturated heterocycles. The summed E-state index contributed by atoms with van der Waals surface area (Å²) in [5.74, 6) is -0.947. The third-order valence-electron chi connectivity index (χ3n) is 5.07. The molecule has 1 aromatic carbocycles. The van der Waals surface area contributed by atoms with Crippen molar-refractivity contribution in [1.82, 2.24) is 4.90 Å². The average Bonchev–Trinajstić information content (AvgIpc) is 2.59. The Labute approximate surface area is 161 Å². The van der Waals surface area contributed by atoms with Gasteiger partial charge in [0.05, 0.1) is 18.2 Å². The predicted molar refractivity (Wildman–Crippen MR) is 106 cm³/mol. The molecule has 4 nitrogen and oxygen atoms in total. The second-order valence-corrected chi connectivity index (χ2v) is 7.66. The van der Waals surface area contributed by atoms with Crippen molar-refractivity contribution in [2.45, 2.75) is 40.2 Å². The minimum absolute atomic E-state index is 0.106. The number of rotatable bonds is 7. The van der Waals surface area contributed by atoms with Crippen molar-refractivity contribution in [1.29, 1.82) is 0 Å². The van der Waals surface area contributed by atoms with Gasteiger partial charge in [-0.15, -0.1) is 0 Å². The molecule has 0 fully saturated rings. The fourth-order valence-electron chi connectivity index (χ4n) is 4.17. The second-order valence-electron chi connectivity index (χ2n) is 7.66. The van der Waals surface area contributed by atoms with E-state index in [1.165, 1.54) is 12.1 Å². The van der Waals surface area contributed by atoms with E-state index in [9.17, 15) is 14.3 Å². The Morgan fingerprint density at radius 1 is 1.22 bits per heavy atom. The van der Waals surface area contributed by atoms with Crippen LogP contribution < -0.4 is 0 Å². The number of ether oxygens (including phenoxy) is 1. The summed E-state index contributed by atoms with van der Waals surface area (Å²) in [5, 5.41) is 10.1. The third kappa shape index (κ3) is 4.24. The van der Waals surface area contributed by atoms with Crippen LogP contribution in [0.5, 0.6) is 0 Å². The van der Waals surface area contributed by atoms with E-state index in [1.54, 1.807) is 19.2 Å². The molecular weight excluding hydrogens is 345 g/mol. The number of halogens is 1. The van der Waals surface area contributed by atoms with Crippen molar-refractivity contribution in [2.24, 2.45) is 11.8 Å². The highest BCUT2D eigenvalue weighted by molar-refractivity contribution is 6.03. The van der Waals surface area contributed by atoms with Gasteiger partial charge in [0.2, 0.25) is 0 Å². The number of carboxylic acids is 1. The fraction of sp³-hybridized carbons (Fsp3) is 0.500. The van der Waals surface area contributed by atoms with Crippen molar-refractivity contribution >= 4 is 11.5 Å². The third-order valence-corrected chi connectivity index (χ3v) is 5.07. The van der Waals surface area contributed by atoms with Gasteiger partial charge in [-0.05, 0) is 47.1 Å². The lowest BCUT2D eigenvalue weighted by atomic mass is 9.78. The molecule has 1 N–H and O–H groups in total. The zero-order valence-electron chi connectivity index (χ0n) is 17.0. The summed E-state index contributed by atoms with van der Waals surface area (Å²) in [7, 11) is 3.61. The largest absolute Gasteiger partial charge is 0.478 e. The van der Waals surface area contributed by atoms with Crippen LogP contribution in [-0.2, 0) is 9.53 Å². The molecule has 1 atom stereocenters. The number of allylic oxidation sites excluding steroid dienone is 2. The summed E-state index contributed by atoms with van der Waals surface area (Å²) in [6.45, 7) is 8.78. The van der Waals surface area contributed by atoms with Crippen molar-refractivity contribution in [3.05, 3.63) is 52.5 Å². The molecule has 5 heteroatoms. The Bertz CT molecular complexity index is 747. The van der Waals surface area contributed by atoms with Crippen LogP contribution in [0.25, 0.3) is 5.57 Å². The number of carbonyl (C=O) groups is 1.